The molecule has 0 aliphatic heterocycles. The van der Waals surface area contributed by atoms with Gasteiger partial charge in [0.25, 0.3) is 0 Å². The molecule has 17 heavy (non-hydrogen) atoms. The average molecular weight is 291 g/mol. The van der Waals surface area contributed by atoms with E-state index >= 15 is 0 Å². The first-order valence-corrected chi connectivity index (χ1v) is 6.01. The van der Waals surface area contributed by atoms with E-state index in [-0.39, 0.29) is 16.5 Å². The number of hydrogen-bond acceptors (Lipinski definition) is 3. The van der Waals surface area contributed by atoms with Crippen molar-refractivity contribution in [1.82, 2.24) is 0 Å². The molecule has 0 saturated carbocycles. The van der Waals surface area contributed by atoms with Gasteiger partial charge in [0.1, 0.15) is 17.9 Å². The van der Waals surface area contributed by atoms with Crippen molar-refractivity contribution in [3.8, 4) is 12.1 Å². The molecule has 0 radical (unpaired) electrons. The molecular formula is C13H11BrN2O. The fraction of sp³-hybridized carbons (Fsp3) is 0.308. The molecule has 0 amide bonds. The molecule has 0 bridgehead atoms. The minimum Gasteiger partial charge on any atom is -0.299 e. The molecule has 86 valence electrons. The van der Waals surface area contributed by atoms with Gasteiger partial charge in [-0.3, -0.25) is 4.79 Å². The lowest BCUT2D eigenvalue weighted by Crippen LogP contribution is -2.17. The lowest BCUT2D eigenvalue weighted by atomic mass is 9.93. The predicted octanol–water partition coefficient (Wildman–Crippen LogP) is 2.89. The molecular weight excluding hydrogens is 280 g/mol. The van der Waals surface area contributed by atoms with Crippen molar-refractivity contribution in [2.45, 2.75) is 24.6 Å². The maximum absolute atomic E-state index is 11.3. The van der Waals surface area contributed by atoms with Crippen molar-refractivity contribution in [2.75, 3.05) is 0 Å². The van der Waals surface area contributed by atoms with Crippen molar-refractivity contribution in [1.29, 1.82) is 10.5 Å². The number of rotatable bonds is 3. The number of carbonyl (C=O) groups is 1. The molecule has 0 fully saturated rings. The molecule has 0 aliphatic carbocycles. The zero-order chi connectivity index (χ0) is 13.0. The van der Waals surface area contributed by atoms with Crippen LogP contribution in [0.4, 0.5) is 0 Å². The Balaban J connectivity index is 3.14. The molecule has 0 heterocycles. The van der Waals surface area contributed by atoms with Crippen LogP contribution in [0.2, 0.25) is 0 Å². The van der Waals surface area contributed by atoms with E-state index in [1.54, 1.807) is 18.2 Å². The average Bonchev–Trinajstić information content (AvgIpc) is 2.35. The fourth-order valence-electron chi connectivity index (χ4n) is 1.56. The highest BCUT2D eigenvalue weighted by atomic mass is 79.9. The standard InChI is InChI=1S/C13H11BrN2O/c1-8(13(14)9(2)17)10-3-4-11(6-15)12(5-10)7-16/h3-5,8,13H,1-2H3. The van der Waals surface area contributed by atoms with Crippen LogP contribution in [0.15, 0.2) is 18.2 Å². The maximum Gasteiger partial charge on any atom is 0.144 e. The van der Waals surface area contributed by atoms with Gasteiger partial charge in [-0.05, 0) is 24.6 Å². The summed E-state index contributed by atoms with van der Waals surface area (Å²) in [6, 6.07) is 9.01. The van der Waals surface area contributed by atoms with Crippen LogP contribution in [-0.2, 0) is 4.79 Å². The predicted molar refractivity (Wildman–Crippen MR) is 67.7 cm³/mol. The summed E-state index contributed by atoms with van der Waals surface area (Å²) < 4.78 is 0. The van der Waals surface area contributed by atoms with Crippen LogP contribution in [0.3, 0.4) is 0 Å². The molecule has 0 saturated heterocycles. The third-order valence-electron chi connectivity index (χ3n) is 2.64. The van der Waals surface area contributed by atoms with E-state index in [0.717, 1.165) is 5.56 Å². The van der Waals surface area contributed by atoms with Gasteiger partial charge in [-0.15, -0.1) is 0 Å². The smallest absolute Gasteiger partial charge is 0.144 e. The molecule has 0 spiro atoms. The zero-order valence-corrected chi connectivity index (χ0v) is 11.2. The number of nitriles is 2. The number of alkyl halides is 1. The Morgan fingerprint density at radius 2 is 1.88 bits per heavy atom. The summed E-state index contributed by atoms with van der Waals surface area (Å²) in [4.78, 5) is 11.0. The van der Waals surface area contributed by atoms with Crippen LogP contribution in [0.5, 0.6) is 0 Å². The van der Waals surface area contributed by atoms with Crippen LogP contribution in [-0.4, -0.2) is 10.6 Å². The van der Waals surface area contributed by atoms with Gasteiger partial charge in [0, 0.05) is 5.92 Å². The normalized spacial score (nSPS) is 13.2. The number of ketones is 1. The number of carbonyl (C=O) groups excluding carboxylic acids is 1. The molecule has 1 aromatic carbocycles. The molecule has 4 heteroatoms. The Labute approximate surface area is 109 Å². The second-order valence-electron chi connectivity index (χ2n) is 3.83. The molecule has 1 aromatic rings. The molecule has 0 aromatic heterocycles. The number of halogens is 1. The van der Waals surface area contributed by atoms with Crippen LogP contribution >= 0.6 is 15.9 Å². The lowest BCUT2D eigenvalue weighted by Gasteiger charge is -2.16. The largest absolute Gasteiger partial charge is 0.299 e. The van der Waals surface area contributed by atoms with Crippen molar-refractivity contribution in [2.24, 2.45) is 0 Å². The Morgan fingerprint density at radius 3 is 2.35 bits per heavy atom. The summed E-state index contributed by atoms with van der Waals surface area (Å²) >= 11 is 3.33. The van der Waals surface area contributed by atoms with Crippen LogP contribution < -0.4 is 0 Å². The first-order chi connectivity index (χ1) is 8.01. The van der Waals surface area contributed by atoms with Crippen molar-refractivity contribution in [3.63, 3.8) is 0 Å². The van der Waals surface area contributed by atoms with E-state index in [1.807, 2.05) is 19.1 Å². The van der Waals surface area contributed by atoms with Crippen LogP contribution in [0, 0.1) is 22.7 Å². The topological polar surface area (TPSA) is 64.7 Å². The number of nitrogens with zero attached hydrogens (tertiary/aromatic N) is 2. The van der Waals surface area contributed by atoms with Gasteiger partial charge in [-0.25, -0.2) is 0 Å². The van der Waals surface area contributed by atoms with Gasteiger partial charge < -0.3 is 0 Å². The third kappa shape index (κ3) is 2.93. The summed E-state index contributed by atoms with van der Waals surface area (Å²) in [6.45, 7) is 3.42. The van der Waals surface area contributed by atoms with Gasteiger partial charge in [0.2, 0.25) is 0 Å². The first-order valence-electron chi connectivity index (χ1n) is 5.10. The molecule has 0 aliphatic rings. The van der Waals surface area contributed by atoms with Gasteiger partial charge in [0.15, 0.2) is 0 Å². The lowest BCUT2D eigenvalue weighted by molar-refractivity contribution is -0.116. The summed E-state index contributed by atoms with van der Waals surface area (Å²) in [5.74, 6) is 0.00714. The number of benzene rings is 1. The van der Waals surface area contributed by atoms with Gasteiger partial charge >= 0.3 is 0 Å². The van der Waals surface area contributed by atoms with E-state index < -0.39 is 0 Å². The van der Waals surface area contributed by atoms with E-state index in [2.05, 4.69) is 15.9 Å². The molecule has 2 unspecified atom stereocenters. The van der Waals surface area contributed by atoms with Gasteiger partial charge in [-0.1, -0.05) is 28.9 Å². The van der Waals surface area contributed by atoms with E-state index in [9.17, 15) is 4.79 Å². The Hall–Kier alpha value is -1.65. The summed E-state index contributed by atoms with van der Waals surface area (Å²) in [5.41, 5.74) is 1.58. The quantitative estimate of drug-likeness (QED) is 0.804. The van der Waals surface area contributed by atoms with Crippen LogP contribution in [0.25, 0.3) is 0 Å². The highest BCUT2D eigenvalue weighted by molar-refractivity contribution is 9.10. The highest BCUT2D eigenvalue weighted by Gasteiger charge is 2.20. The Bertz CT molecular complexity index is 525. The highest BCUT2D eigenvalue weighted by Crippen LogP contribution is 2.26. The van der Waals surface area contributed by atoms with E-state index in [4.69, 9.17) is 10.5 Å². The monoisotopic (exact) mass is 290 g/mol. The third-order valence-corrected chi connectivity index (χ3v) is 4.08. The summed E-state index contributed by atoms with van der Waals surface area (Å²) in [5, 5.41) is 17.7. The Kier molecular flexibility index (Phi) is 4.43. The van der Waals surface area contributed by atoms with Gasteiger partial charge in [-0.2, -0.15) is 10.5 Å². The number of Topliss-reactive ketones (excluding diaryl/α,β-unsaturated/α-hetero) is 1. The second kappa shape index (κ2) is 5.61. The van der Waals surface area contributed by atoms with Gasteiger partial charge in [0.05, 0.1) is 16.0 Å². The summed E-state index contributed by atoms with van der Waals surface area (Å²) in [6.07, 6.45) is 0. The zero-order valence-electron chi connectivity index (χ0n) is 9.57. The summed E-state index contributed by atoms with van der Waals surface area (Å²) in [7, 11) is 0. The second-order valence-corrected chi connectivity index (χ2v) is 4.82. The van der Waals surface area contributed by atoms with Crippen molar-refractivity contribution >= 4 is 21.7 Å². The van der Waals surface area contributed by atoms with E-state index in [1.165, 1.54) is 6.92 Å². The first kappa shape index (κ1) is 13.4. The molecule has 2 atom stereocenters. The SMILES string of the molecule is CC(=O)C(Br)C(C)c1ccc(C#N)c(C#N)c1. The van der Waals surface area contributed by atoms with Crippen molar-refractivity contribution < 1.29 is 4.79 Å². The van der Waals surface area contributed by atoms with E-state index in [0.29, 0.717) is 11.1 Å². The number of hydrogen-bond donors (Lipinski definition) is 0. The van der Waals surface area contributed by atoms with Crippen molar-refractivity contribution in [3.05, 3.63) is 34.9 Å². The minimum absolute atomic E-state index is 0.0349. The maximum atomic E-state index is 11.3. The molecule has 3 nitrogen and oxygen atoms in total. The minimum atomic E-state index is -0.276. The van der Waals surface area contributed by atoms with Crippen LogP contribution in [0.1, 0.15) is 36.5 Å². The molecule has 1 rings (SSSR count). The fourth-order valence-corrected chi connectivity index (χ4v) is 1.86. The Morgan fingerprint density at radius 1 is 1.29 bits per heavy atom. The molecule has 0 N–H and O–H groups in total.